The van der Waals surface area contributed by atoms with E-state index in [-0.39, 0.29) is 12.1 Å². The topological polar surface area (TPSA) is 43.8 Å². The highest BCUT2D eigenvalue weighted by atomic mass is 79.9. The Morgan fingerprint density at radius 1 is 1.50 bits per heavy atom. The largest absolute Gasteiger partial charge is 0.392 e. The first-order chi connectivity index (χ1) is 8.60. The number of anilines is 1. The van der Waals surface area contributed by atoms with Crippen molar-refractivity contribution >= 4 is 28.0 Å². The van der Waals surface area contributed by atoms with Crippen LogP contribution in [-0.4, -0.2) is 48.7 Å². The highest BCUT2D eigenvalue weighted by Gasteiger charge is 2.29. The van der Waals surface area contributed by atoms with Gasteiger partial charge in [-0.2, -0.15) is 0 Å². The molecule has 98 valence electrons. The molecule has 0 aromatic heterocycles. The zero-order valence-electron chi connectivity index (χ0n) is 10.3. The summed E-state index contributed by atoms with van der Waals surface area (Å²) in [5.41, 5.74) is 0.878. The van der Waals surface area contributed by atoms with Crippen molar-refractivity contribution in [3.05, 3.63) is 28.7 Å². The van der Waals surface area contributed by atoms with E-state index in [0.29, 0.717) is 13.1 Å². The van der Waals surface area contributed by atoms with Gasteiger partial charge in [-0.3, -0.25) is 9.69 Å². The molecular formula is C13H17BrN2O2. The molecule has 1 aromatic carbocycles. The summed E-state index contributed by atoms with van der Waals surface area (Å²) >= 11 is 3.37. The Morgan fingerprint density at radius 2 is 2.17 bits per heavy atom. The van der Waals surface area contributed by atoms with Crippen LogP contribution in [0.3, 0.4) is 0 Å². The van der Waals surface area contributed by atoms with E-state index in [0.717, 1.165) is 23.0 Å². The first-order valence-electron chi connectivity index (χ1n) is 5.96. The quantitative estimate of drug-likeness (QED) is 0.856. The normalized spacial score (nSPS) is 24.2. The number of likely N-dealkylation sites (tertiary alicyclic amines) is 1. The molecule has 0 radical (unpaired) electrons. The second-order valence-electron chi connectivity index (χ2n) is 4.72. The molecule has 0 aliphatic carbocycles. The van der Waals surface area contributed by atoms with Crippen LogP contribution in [0.2, 0.25) is 0 Å². The Balaban J connectivity index is 2.05. The van der Waals surface area contributed by atoms with Crippen LogP contribution in [0.4, 0.5) is 5.69 Å². The lowest BCUT2D eigenvalue weighted by atomic mass is 10.2. The summed E-state index contributed by atoms with van der Waals surface area (Å²) < 4.78 is 0.991. The minimum absolute atomic E-state index is 0.217. The molecule has 0 bridgehead atoms. The number of hydrogen-bond donors (Lipinski definition) is 1. The molecule has 2 unspecified atom stereocenters. The Morgan fingerprint density at radius 3 is 2.67 bits per heavy atom. The number of benzene rings is 1. The van der Waals surface area contributed by atoms with E-state index in [9.17, 15) is 9.90 Å². The predicted molar refractivity (Wildman–Crippen MR) is 74.6 cm³/mol. The maximum atomic E-state index is 11.2. The molecule has 0 saturated carbocycles. The van der Waals surface area contributed by atoms with E-state index in [1.54, 1.807) is 4.90 Å². The molecule has 1 aliphatic rings. The van der Waals surface area contributed by atoms with E-state index in [2.05, 4.69) is 20.8 Å². The molecule has 1 fully saturated rings. The fourth-order valence-electron chi connectivity index (χ4n) is 2.33. The molecule has 5 heteroatoms. The van der Waals surface area contributed by atoms with Crippen molar-refractivity contribution in [3.8, 4) is 0 Å². The average Bonchev–Trinajstić information content (AvgIpc) is 2.66. The SMILES string of the molecule is CN1CC(O)CC1CN(C=O)c1ccc(Br)cc1. The van der Waals surface area contributed by atoms with Crippen LogP contribution < -0.4 is 4.90 Å². The van der Waals surface area contributed by atoms with Crippen molar-refractivity contribution in [3.63, 3.8) is 0 Å². The van der Waals surface area contributed by atoms with E-state index < -0.39 is 0 Å². The van der Waals surface area contributed by atoms with Gasteiger partial charge in [0.1, 0.15) is 0 Å². The van der Waals surface area contributed by atoms with Crippen molar-refractivity contribution < 1.29 is 9.90 Å². The molecule has 1 heterocycles. The first kappa shape index (κ1) is 13.5. The van der Waals surface area contributed by atoms with Gasteiger partial charge < -0.3 is 10.0 Å². The minimum atomic E-state index is -0.279. The fraction of sp³-hybridized carbons (Fsp3) is 0.462. The molecule has 1 aromatic rings. The van der Waals surface area contributed by atoms with Crippen LogP contribution >= 0.6 is 15.9 Å². The number of aliphatic hydroxyl groups is 1. The minimum Gasteiger partial charge on any atom is -0.392 e. The number of hydrogen-bond acceptors (Lipinski definition) is 3. The maximum absolute atomic E-state index is 11.2. The van der Waals surface area contributed by atoms with Gasteiger partial charge in [0.2, 0.25) is 6.41 Å². The summed E-state index contributed by atoms with van der Waals surface area (Å²) in [4.78, 5) is 15.0. The zero-order valence-corrected chi connectivity index (χ0v) is 11.9. The number of halogens is 1. The van der Waals surface area contributed by atoms with Crippen molar-refractivity contribution in [1.29, 1.82) is 0 Å². The average molecular weight is 313 g/mol. The molecule has 18 heavy (non-hydrogen) atoms. The van der Waals surface area contributed by atoms with Crippen LogP contribution in [0.5, 0.6) is 0 Å². The number of amides is 1. The maximum Gasteiger partial charge on any atom is 0.214 e. The van der Waals surface area contributed by atoms with Gasteiger partial charge in [0.15, 0.2) is 0 Å². The number of carbonyl (C=O) groups excluding carboxylic acids is 1. The fourth-order valence-corrected chi connectivity index (χ4v) is 2.60. The monoisotopic (exact) mass is 312 g/mol. The van der Waals surface area contributed by atoms with Crippen molar-refractivity contribution in [2.75, 3.05) is 25.0 Å². The Kier molecular flexibility index (Phi) is 4.37. The smallest absolute Gasteiger partial charge is 0.214 e. The van der Waals surface area contributed by atoms with E-state index >= 15 is 0 Å². The van der Waals surface area contributed by atoms with Crippen molar-refractivity contribution in [2.45, 2.75) is 18.6 Å². The lowest BCUT2D eigenvalue weighted by Gasteiger charge is -2.25. The number of aliphatic hydroxyl groups excluding tert-OH is 1. The van der Waals surface area contributed by atoms with Gasteiger partial charge in [-0.1, -0.05) is 15.9 Å². The van der Waals surface area contributed by atoms with E-state index in [1.165, 1.54) is 0 Å². The van der Waals surface area contributed by atoms with Crippen molar-refractivity contribution in [2.24, 2.45) is 0 Å². The summed E-state index contributed by atoms with van der Waals surface area (Å²) in [7, 11) is 1.98. The summed E-state index contributed by atoms with van der Waals surface area (Å²) in [6.45, 7) is 1.29. The number of nitrogens with zero attached hydrogens (tertiary/aromatic N) is 2. The standard InChI is InChI=1S/C13H17BrN2O2/c1-15-8-13(18)6-12(15)7-16(9-17)11-4-2-10(14)3-5-11/h2-5,9,12-13,18H,6-8H2,1H3. The van der Waals surface area contributed by atoms with Crippen LogP contribution in [0.15, 0.2) is 28.7 Å². The first-order valence-corrected chi connectivity index (χ1v) is 6.75. The third-order valence-corrected chi connectivity index (χ3v) is 3.89. The Labute approximate surface area is 115 Å². The summed E-state index contributed by atoms with van der Waals surface area (Å²) in [6, 6.07) is 7.86. The molecule has 1 N–H and O–H groups in total. The van der Waals surface area contributed by atoms with E-state index in [4.69, 9.17) is 0 Å². The molecule has 4 nitrogen and oxygen atoms in total. The summed E-state index contributed by atoms with van der Waals surface area (Å²) in [5.74, 6) is 0. The second kappa shape index (κ2) is 5.82. The summed E-state index contributed by atoms with van der Waals surface area (Å²) in [6.07, 6.45) is 1.29. The summed E-state index contributed by atoms with van der Waals surface area (Å²) in [5, 5.41) is 9.61. The highest BCUT2D eigenvalue weighted by Crippen LogP contribution is 2.21. The van der Waals surface area contributed by atoms with Crippen LogP contribution in [0.1, 0.15) is 6.42 Å². The second-order valence-corrected chi connectivity index (χ2v) is 5.63. The number of likely N-dealkylation sites (N-methyl/N-ethyl adjacent to an activating group) is 1. The number of β-amino-alcohol motifs (C(OH)–C–C–N with tert-alkyl or cyclic N) is 1. The van der Waals surface area contributed by atoms with Gasteiger partial charge >= 0.3 is 0 Å². The molecule has 0 spiro atoms. The van der Waals surface area contributed by atoms with Gasteiger partial charge in [0.05, 0.1) is 6.10 Å². The molecule has 1 amide bonds. The highest BCUT2D eigenvalue weighted by molar-refractivity contribution is 9.10. The van der Waals surface area contributed by atoms with E-state index in [1.807, 2.05) is 31.3 Å². The van der Waals surface area contributed by atoms with Gasteiger partial charge in [0, 0.05) is 29.3 Å². The van der Waals surface area contributed by atoms with Gasteiger partial charge in [-0.05, 0) is 37.7 Å². The van der Waals surface area contributed by atoms with Crippen molar-refractivity contribution in [1.82, 2.24) is 4.90 Å². The molecule has 1 aliphatic heterocycles. The third kappa shape index (κ3) is 3.10. The predicted octanol–water partition coefficient (Wildman–Crippen LogP) is 1.48. The number of rotatable bonds is 4. The molecule has 2 atom stereocenters. The van der Waals surface area contributed by atoms with Crippen LogP contribution in [0.25, 0.3) is 0 Å². The molecule has 2 rings (SSSR count). The van der Waals surface area contributed by atoms with Crippen LogP contribution in [-0.2, 0) is 4.79 Å². The lowest BCUT2D eigenvalue weighted by molar-refractivity contribution is -0.107. The lowest BCUT2D eigenvalue weighted by Crippen LogP contribution is -2.37. The van der Waals surface area contributed by atoms with Gasteiger partial charge in [0.25, 0.3) is 0 Å². The molecule has 1 saturated heterocycles. The third-order valence-electron chi connectivity index (χ3n) is 3.36. The Bertz CT molecular complexity index is 410. The van der Waals surface area contributed by atoms with Gasteiger partial charge in [-0.15, -0.1) is 0 Å². The molecular weight excluding hydrogens is 296 g/mol. The Hall–Kier alpha value is -0.910. The van der Waals surface area contributed by atoms with Gasteiger partial charge in [-0.25, -0.2) is 0 Å². The van der Waals surface area contributed by atoms with Crippen LogP contribution in [0, 0.1) is 0 Å². The zero-order chi connectivity index (χ0) is 13.1. The number of carbonyl (C=O) groups is 1.